The number of rotatable bonds is 0. The molecule has 6 heteroatoms. The van der Waals surface area contributed by atoms with Crippen LogP contribution in [-0.4, -0.2) is 63.8 Å². The fourth-order valence-electron chi connectivity index (χ4n) is 1.97. The maximum absolute atomic E-state index is 11.2. The van der Waals surface area contributed by atoms with Crippen LogP contribution in [-0.2, 0) is 4.74 Å². The molecule has 2 aliphatic heterocycles. The Morgan fingerprint density at radius 1 is 1.29 bits per heavy atom. The number of nitrogens with zero attached hydrogens (tertiary/aromatic N) is 1. The van der Waals surface area contributed by atoms with Gasteiger partial charge in [0.15, 0.2) is 0 Å². The molecule has 1 amide bonds. The van der Waals surface area contributed by atoms with Crippen molar-refractivity contribution in [1.29, 1.82) is 0 Å². The van der Waals surface area contributed by atoms with Crippen LogP contribution in [0, 0.1) is 0 Å². The number of piperidine rings is 1. The standard InChI is InChI=1S/C8H13NO5/c10-5-3-9-4(6(11)7(5)12)1-2-14-8(9)13/h4-7,10-12H,1-3H2/t4-,5+,6+,7-/m1/s1. The second-order valence-electron chi connectivity index (χ2n) is 3.67. The van der Waals surface area contributed by atoms with E-state index in [2.05, 4.69) is 0 Å². The summed E-state index contributed by atoms with van der Waals surface area (Å²) in [6, 6.07) is -0.436. The summed E-state index contributed by atoms with van der Waals surface area (Å²) in [7, 11) is 0. The molecular formula is C8H13NO5. The summed E-state index contributed by atoms with van der Waals surface area (Å²) >= 11 is 0. The molecule has 0 saturated carbocycles. The predicted molar refractivity (Wildman–Crippen MR) is 44.5 cm³/mol. The molecular weight excluding hydrogens is 190 g/mol. The second-order valence-corrected chi connectivity index (χ2v) is 3.67. The lowest BCUT2D eigenvalue weighted by molar-refractivity contribution is -0.143. The Morgan fingerprint density at radius 3 is 2.71 bits per heavy atom. The monoisotopic (exact) mass is 203 g/mol. The zero-order chi connectivity index (χ0) is 10.3. The molecule has 6 nitrogen and oxygen atoms in total. The Bertz CT molecular complexity index is 246. The minimum Gasteiger partial charge on any atom is -0.449 e. The van der Waals surface area contributed by atoms with E-state index in [9.17, 15) is 20.1 Å². The van der Waals surface area contributed by atoms with E-state index in [0.717, 1.165) is 0 Å². The molecule has 0 aromatic rings. The Kier molecular flexibility index (Phi) is 2.34. The van der Waals surface area contributed by atoms with Gasteiger partial charge in [-0.25, -0.2) is 4.79 Å². The average molecular weight is 203 g/mol. The van der Waals surface area contributed by atoms with E-state index < -0.39 is 30.4 Å². The van der Waals surface area contributed by atoms with Gasteiger partial charge in [-0.05, 0) is 0 Å². The van der Waals surface area contributed by atoms with E-state index in [4.69, 9.17) is 4.74 Å². The van der Waals surface area contributed by atoms with Gasteiger partial charge in [0.2, 0.25) is 0 Å². The fourth-order valence-corrected chi connectivity index (χ4v) is 1.97. The summed E-state index contributed by atoms with van der Waals surface area (Å²) in [4.78, 5) is 12.5. The Labute approximate surface area is 80.7 Å². The van der Waals surface area contributed by atoms with Gasteiger partial charge in [-0.15, -0.1) is 0 Å². The molecule has 80 valence electrons. The van der Waals surface area contributed by atoms with Crippen molar-refractivity contribution in [2.75, 3.05) is 13.2 Å². The van der Waals surface area contributed by atoms with E-state index in [1.54, 1.807) is 0 Å². The number of aliphatic hydroxyl groups excluding tert-OH is 3. The number of ether oxygens (including phenoxy) is 1. The van der Waals surface area contributed by atoms with Crippen LogP contribution in [0.2, 0.25) is 0 Å². The number of amides is 1. The van der Waals surface area contributed by atoms with Crippen LogP contribution in [0.4, 0.5) is 4.79 Å². The van der Waals surface area contributed by atoms with Crippen molar-refractivity contribution in [1.82, 2.24) is 4.90 Å². The summed E-state index contributed by atoms with van der Waals surface area (Å²) in [6.45, 7) is 0.265. The van der Waals surface area contributed by atoms with Crippen molar-refractivity contribution in [3.05, 3.63) is 0 Å². The third kappa shape index (κ3) is 1.35. The van der Waals surface area contributed by atoms with Crippen molar-refractivity contribution < 1.29 is 24.9 Å². The highest BCUT2D eigenvalue weighted by atomic mass is 16.6. The molecule has 0 aliphatic carbocycles. The van der Waals surface area contributed by atoms with Gasteiger partial charge in [0.05, 0.1) is 19.2 Å². The van der Waals surface area contributed by atoms with E-state index in [-0.39, 0.29) is 13.2 Å². The summed E-state index contributed by atoms with van der Waals surface area (Å²) in [5.41, 5.74) is 0. The molecule has 0 unspecified atom stereocenters. The smallest absolute Gasteiger partial charge is 0.410 e. The zero-order valence-electron chi connectivity index (χ0n) is 7.54. The molecule has 2 saturated heterocycles. The second kappa shape index (κ2) is 3.38. The first-order chi connectivity index (χ1) is 6.61. The lowest BCUT2D eigenvalue weighted by Gasteiger charge is -2.45. The van der Waals surface area contributed by atoms with Gasteiger partial charge in [-0.1, -0.05) is 0 Å². The Hall–Kier alpha value is -0.850. The molecule has 2 heterocycles. The lowest BCUT2D eigenvalue weighted by Crippen LogP contribution is -2.64. The van der Waals surface area contributed by atoms with Crippen LogP contribution in [0.1, 0.15) is 6.42 Å². The highest BCUT2D eigenvalue weighted by Crippen LogP contribution is 2.25. The van der Waals surface area contributed by atoms with Gasteiger partial charge in [-0.3, -0.25) is 4.90 Å². The molecule has 0 bridgehead atoms. The molecule has 0 spiro atoms. The van der Waals surface area contributed by atoms with Crippen molar-refractivity contribution in [3.8, 4) is 0 Å². The van der Waals surface area contributed by atoms with Crippen molar-refractivity contribution in [3.63, 3.8) is 0 Å². The third-order valence-corrected chi connectivity index (χ3v) is 2.80. The molecule has 2 fully saturated rings. The van der Waals surface area contributed by atoms with Crippen LogP contribution >= 0.6 is 0 Å². The summed E-state index contributed by atoms with van der Waals surface area (Å²) < 4.78 is 4.76. The van der Waals surface area contributed by atoms with Crippen LogP contribution in [0.15, 0.2) is 0 Å². The zero-order valence-corrected chi connectivity index (χ0v) is 7.54. The number of carbonyl (C=O) groups is 1. The van der Waals surface area contributed by atoms with Crippen molar-refractivity contribution in [2.45, 2.75) is 30.8 Å². The predicted octanol–water partition coefficient (Wildman–Crippen LogP) is -1.71. The molecule has 2 aliphatic rings. The Morgan fingerprint density at radius 2 is 2.00 bits per heavy atom. The van der Waals surface area contributed by atoms with Crippen LogP contribution in [0.25, 0.3) is 0 Å². The van der Waals surface area contributed by atoms with Gasteiger partial charge < -0.3 is 20.1 Å². The molecule has 0 aromatic carbocycles. The molecule has 0 radical (unpaired) electrons. The Balaban J connectivity index is 2.17. The van der Waals surface area contributed by atoms with Crippen molar-refractivity contribution in [2.24, 2.45) is 0 Å². The van der Waals surface area contributed by atoms with Crippen LogP contribution < -0.4 is 0 Å². The largest absolute Gasteiger partial charge is 0.449 e. The van der Waals surface area contributed by atoms with Gasteiger partial charge >= 0.3 is 6.09 Å². The number of fused-ring (bicyclic) bond motifs is 1. The first-order valence-corrected chi connectivity index (χ1v) is 4.59. The lowest BCUT2D eigenvalue weighted by atomic mass is 9.92. The van der Waals surface area contributed by atoms with Crippen LogP contribution in [0.5, 0.6) is 0 Å². The SMILES string of the molecule is O=C1OCC[C@@H]2[C@H](O)[C@H](O)[C@@H](O)CN12. The first-order valence-electron chi connectivity index (χ1n) is 4.59. The number of hydrogen-bond acceptors (Lipinski definition) is 5. The van der Waals surface area contributed by atoms with E-state index in [1.807, 2.05) is 0 Å². The highest BCUT2D eigenvalue weighted by molar-refractivity contribution is 5.69. The summed E-state index contributed by atoms with van der Waals surface area (Å²) in [5.74, 6) is 0. The number of hydrogen-bond donors (Lipinski definition) is 3. The summed E-state index contributed by atoms with van der Waals surface area (Å²) in [6.07, 6.45) is -3.43. The van der Waals surface area contributed by atoms with E-state index >= 15 is 0 Å². The molecule has 4 atom stereocenters. The van der Waals surface area contributed by atoms with E-state index in [0.29, 0.717) is 6.42 Å². The molecule has 3 N–H and O–H groups in total. The normalized spacial score (nSPS) is 43.1. The summed E-state index contributed by atoms with van der Waals surface area (Å²) in [5, 5.41) is 28.3. The number of carbonyl (C=O) groups excluding carboxylic acids is 1. The van der Waals surface area contributed by atoms with E-state index in [1.165, 1.54) is 4.90 Å². The third-order valence-electron chi connectivity index (χ3n) is 2.80. The van der Waals surface area contributed by atoms with Gasteiger partial charge in [0, 0.05) is 6.42 Å². The van der Waals surface area contributed by atoms with Gasteiger partial charge in [0.1, 0.15) is 18.3 Å². The first kappa shape index (κ1) is 9.70. The maximum atomic E-state index is 11.2. The number of aliphatic hydroxyl groups is 3. The average Bonchev–Trinajstić information content (AvgIpc) is 2.17. The molecule has 2 rings (SSSR count). The van der Waals surface area contributed by atoms with Gasteiger partial charge in [-0.2, -0.15) is 0 Å². The maximum Gasteiger partial charge on any atom is 0.410 e. The van der Waals surface area contributed by atoms with Crippen LogP contribution in [0.3, 0.4) is 0 Å². The van der Waals surface area contributed by atoms with Crippen molar-refractivity contribution >= 4 is 6.09 Å². The number of cyclic esters (lactones) is 1. The highest BCUT2D eigenvalue weighted by Gasteiger charge is 2.45. The topological polar surface area (TPSA) is 90.2 Å². The molecule has 14 heavy (non-hydrogen) atoms. The molecule has 0 aromatic heterocycles. The fraction of sp³-hybridized carbons (Fsp3) is 0.875. The van der Waals surface area contributed by atoms with Gasteiger partial charge in [0.25, 0.3) is 0 Å². The minimum atomic E-state index is -1.18. The minimum absolute atomic E-state index is 0.0156. The quantitative estimate of drug-likeness (QED) is 0.436.